The Morgan fingerprint density at radius 2 is 1.88 bits per heavy atom. The van der Waals surface area contributed by atoms with Crippen LogP contribution in [-0.2, 0) is 4.79 Å². The number of rotatable bonds is 3. The van der Waals surface area contributed by atoms with Crippen LogP contribution in [0.5, 0.6) is 0 Å². The van der Waals surface area contributed by atoms with Crippen LogP contribution in [0, 0.1) is 18.6 Å². The van der Waals surface area contributed by atoms with Crippen LogP contribution >= 0.6 is 12.2 Å². The summed E-state index contributed by atoms with van der Waals surface area (Å²) in [6.45, 7) is 3.64. The van der Waals surface area contributed by atoms with E-state index in [1.165, 1.54) is 6.07 Å². The molecule has 0 spiro atoms. The van der Waals surface area contributed by atoms with Crippen molar-refractivity contribution in [3.05, 3.63) is 76.5 Å². The first kappa shape index (κ1) is 18.0. The molecule has 4 nitrogen and oxygen atoms in total. The summed E-state index contributed by atoms with van der Waals surface area (Å²) in [5.74, 6) is -2.29. The van der Waals surface area contributed by atoms with Crippen molar-refractivity contribution in [2.45, 2.75) is 19.9 Å². The van der Waals surface area contributed by atoms with Crippen molar-refractivity contribution in [3.8, 4) is 0 Å². The predicted octanol–water partition coefficient (Wildman–Crippen LogP) is 3.70. The van der Waals surface area contributed by atoms with E-state index in [2.05, 4.69) is 16.0 Å². The predicted molar refractivity (Wildman–Crippen MR) is 100 cm³/mol. The second kappa shape index (κ2) is 7.21. The molecule has 7 heteroatoms. The van der Waals surface area contributed by atoms with Gasteiger partial charge in [0.05, 0.1) is 11.6 Å². The smallest absolute Gasteiger partial charge is 0.255 e. The van der Waals surface area contributed by atoms with Crippen molar-refractivity contribution in [2.75, 3.05) is 5.32 Å². The van der Waals surface area contributed by atoms with Gasteiger partial charge in [-0.3, -0.25) is 4.79 Å². The highest BCUT2D eigenvalue weighted by atomic mass is 32.1. The monoisotopic (exact) mass is 373 g/mol. The lowest BCUT2D eigenvalue weighted by Gasteiger charge is -2.30. The van der Waals surface area contributed by atoms with Gasteiger partial charge in [0, 0.05) is 11.4 Å². The van der Waals surface area contributed by atoms with Gasteiger partial charge >= 0.3 is 0 Å². The number of anilines is 1. The Balaban J connectivity index is 1.97. The van der Waals surface area contributed by atoms with E-state index in [9.17, 15) is 13.6 Å². The third kappa shape index (κ3) is 3.72. The second-order valence-corrected chi connectivity index (χ2v) is 6.48. The fraction of sp³-hybridized carbons (Fsp3) is 0.158. The standard InChI is InChI=1S/C19H17F2N3OS/c1-10-4-3-5-13(8-10)23-18(25)16-11(2)22-19(26)24-17(16)12-6-7-14(20)15(21)9-12/h3-9,17H,1-2H3,(H,23,25)(H2,22,24,26)/t17-/m0/s1. The summed E-state index contributed by atoms with van der Waals surface area (Å²) in [4.78, 5) is 12.9. The minimum atomic E-state index is -0.982. The zero-order chi connectivity index (χ0) is 18.8. The molecule has 1 aliphatic rings. The Morgan fingerprint density at radius 3 is 2.58 bits per heavy atom. The molecule has 0 aromatic heterocycles. The van der Waals surface area contributed by atoms with E-state index in [1.54, 1.807) is 13.0 Å². The topological polar surface area (TPSA) is 53.2 Å². The number of hydrogen-bond donors (Lipinski definition) is 3. The average molecular weight is 373 g/mol. The van der Waals surface area contributed by atoms with Crippen LogP contribution in [-0.4, -0.2) is 11.0 Å². The Hall–Kier alpha value is -2.80. The van der Waals surface area contributed by atoms with Crippen LogP contribution < -0.4 is 16.0 Å². The molecule has 1 amide bonds. The summed E-state index contributed by atoms with van der Waals surface area (Å²) in [5.41, 5.74) is 2.96. The summed E-state index contributed by atoms with van der Waals surface area (Å²) >= 11 is 5.15. The molecule has 2 aromatic carbocycles. The molecule has 134 valence electrons. The van der Waals surface area contributed by atoms with E-state index < -0.39 is 17.7 Å². The molecule has 3 rings (SSSR count). The molecule has 0 saturated heterocycles. The van der Waals surface area contributed by atoms with E-state index in [-0.39, 0.29) is 5.91 Å². The van der Waals surface area contributed by atoms with E-state index in [0.29, 0.717) is 27.6 Å². The number of allylic oxidation sites excluding steroid dienone is 1. The van der Waals surface area contributed by atoms with Crippen molar-refractivity contribution in [2.24, 2.45) is 0 Å². The summed E-state index contributed by atoms with van der Waals surface area (Å²) in [6.07, 6.45) is 0. The van der Waals surface area contributed by atoms with Gasteiger partial charge in [0.1, 0.15) is 0 Å². The Morgan fingerprint density at radius 1 is 1.12 bits per heavy atom. The normalized spacial score (nSPS) is 16.8. The molecule has 0 bridgehead atoms. The third-order valence-electron chi connectivity index (χ3n) is 4.07. The van der Waals surface area contributed by atoms with Gasteiger partial charge in [-0.15, -0.1) is 0 Å². The lowest BCUT2D eigenvalue weighted by atomic mass is 9.94. The first-order chi connectivity index (χ1) is 12.3. The van der Waals surface area contributed by atoms with Crippen LogP contribution in [0.2, 0.25) is 0 Å². The highest BCUT2D eigenvalue weighted by Gasteiger charge is 2.30. The number of aryl methyl sites for hydroxylation is 1. The van der Waals surface area contributed by atoms with Crippen molar-refractivity contribution in [1.29, 1.82) is 0 Å². The molecule has 3 N–H and O–H groups in total. The third-order valence-corrected chi connectivity index (χ3v) is 4.29. The Labute approximate surface area is 155 Å². The highest BCUT2D eigenvalue weighted by molar-refractivity contribution is 7.80. The summed E-state index contributed by atoms with van der Waals surface area (Å²) in [7, 11) is 0. The van der Waals surface area contributed by atoms with Gasteiger partial charge in [-0.1, -0.05) is 18.2 Å². The van der Waals surface area contributed by atoms with Gasteiger partial charge < -0.3 is 16.0 Å². The van der Waals surface area contributed by atoms with Crippen molar-refractivity contribution in [1.82, 2.24) is 10.6 Å². The minimum Gasteiger partial charge on any atom is -0.351 e. The van der Waals surface area contributed by atoms with Gasteiger partial charge in [-0.2, -0.15) is 0 Å². The summed E-state index contributed by atoms with van der Waals surface area (Å²) in [5, 5.41) is 9.00. The van der Waals surface area contributed by atoms with Crippen molar-refractivity contribution < 1.29 is 13.6 Å². The molecular weight excluding hydrogens is 356 g/mol. The Kier molecular flexibility index (Phi) is 4.99. The first-order valence-electron chi connectivity index (χ1n) is 7.96. The number of nitrogens with one attached hydrogen (secondary N) is 3. The van der Waals surface area contributed by atoms with Crippen LogP contribution in [0.3, 0.4) is 0 Å². The zero-order valence-electron chi connectivity index (χ0n) is 14.2. The molecule has 26 heavy (non-hydrogen) atoms. The maximum atomic E-state index is 13.7. The van der Waals surface area contributed by atoms with Gasteiger partial charge in [-0.25, -0.2) is 8.78 Å². The molecular formula is C19H17F2N3OS. The van der Waals surface area contributed by atoms with E-state index in [0.717, 1.165) is 17.7 Å². The first-order valence-corrected chi connectivity index (χ1v) is 8.37. The fourth-order valence-corrected chi connectivity index (χ4v) is 3.13. The fourth-order valence-electron chi connectivity index (χ4n) is 2.86. The number of carbonyl (C=O) groups is 1. The van der Waals surface area contributed by atoms with Crippen LogP contribution in [0.1, 0.15) is 24.1 Å². The van der Waals surface area contributed by atoms with E-state index in [1.807, 2.05) is 25.1 Å². The largest absolute Gasteiger partial charge is 0.351 e. The SMILES string of the molecule is CC1=C(C(=O)Nc2cccc(C)c2)[C@H](c2ccc(F)c(F)c2)NC(=S)N1. The molecule has 1 heterocycles. The quantitative estimate of drug-likeness (QED) is 0.718. The van der Waals surface area contributed by atoms with Gasteiger partial charge in [-0.05, 0) is 61.5 Å². The van der Waals surface area contributed by atoms with Crippen LogP contribution in [0.25, 0.3) is 0 Å². The average Bonchev–Trinajstić information content (AvgIpc) is 2.56. The summed E-state index contributed by atoms with van der Waals surface area (Å²) < 4.78 is 27.0. The molecule has 0 unspecified atom stereocenters. The lowest BCUT2D eigenvalue weighted by Crippen LogP contribution is -2.45. The molecule has 0 aliphatic carbocycles. The van der Waals surface area contributed by atoms with E-state index >= 15 is 0 Å². The molecule has 2 aromatic rings. The molecule has 0 saturated carbocycles. The van der Waals surface area contributed by atoms with Gasteiger partial charge in [0.15, 0.2) is 16.7 Å². The summed E-state index contributed by atoms with van der Waals surface area (Å²) in [6, 6.07) is 10.2. The highest BCUT2D eigenvalue weighted by Crippen LogP contribution is 2.28. The van der Waals surface area contributed by atoms with Gasteiger partial charge in [0.2, 0.25) is 0 Å². The Bertz CT molecular complexity index is 927. The number of thiocarbonyl (C=S) groups is 1. The minimum absolute atomic E-state index is 0.310. The molecule has 1 atom stereocenters. The molecule has 1 aliphatic heterocycles. The van der Waals surface area contributed by atoms with Gasteiger partial charge in [0.25, 0.3) is 5.91 Å². The van der Waals surface area contributed by atoms with Crippen molar-refractivity contribution >= 4 is 28.9 Å². The van der Waals surface area contributed by atoms with Crippen molar-refractivity contribution in [3.63, 3.8) is 0 Å². The number of carbonyl (C=O) groups excluding carboxylic acids is 1. The number of amides is 1. The van der Waals surface area contributed by atoms with E-state index in [4.69, 9.17) is 12.2 Å². The number of hydrogen-bond acceptors (Lipinski definition) is 2. The number of halogens is 2. The lowest BCUT2D eigenvalue weighted by molar-refractivity contribution is -0.113. The molecule has 0 radical (unpaired) electrons. The zero-order valence-corrected chi connectivity index (χ0v) is 15.0. The molecule has 0 fully saturated rings. The second-order valence-electron chi connectivity index (χ2n) is 6.07. The maximum absolute atomic E-state index is 13.7. The van der Waals surface area contributed by atoms with Crippen LogP contribution in [0.4, 0.5) is 14.5 Å². The van der Waals surface area contributed by atoms with Crippen LogP contribution in [0.15, 0.2) is 53.7 Å². The number of benzene rings is 2. The maximum Gasteiger partial charge on any atom is 0.255 e.